The van der Waals surface area contributed by atoms with Crippen LogP contribution < -0.4 is 16.3 Å². The molecule has 0 bridgehead atoms. The number of carbonyl (C=O) groups is 3. The molecule has 14 nitrogen and oxygen atoms in total. The molecular formula is C47H58ClFN6O8. The number of benzene rings is 3. The van der Waals surface area contributed by atoms with Crippen LogP contribution in [-0.4, -0.2) is 81.3 Å². The van der Waals surface area contributed by atoms with Crippen molar-refractivity contribution in [2.24, 2.45) is 0 Å². The third-order valence-corrected chi connectivity index (χ3v) is 9.98. The number of nitrogens with one attached hydrogen (secondary N) is 3. The average Bonchev–Trinajstić information content (AvgIpc) is 3.61. The van der Waals surface area contributed by atoms with Gasteiger partial charge in [-0.1, -0.05) is 54.1 Å². The van der Waals surface area contributed by atoms with Gasteiger partial charge < -0.3 is 34.6 Å². The fourth-order valence-electron chi connectivity index (χ4n) is 6.76. The molecule has 2 aromatic heterocycles. The molecule has 0 fully saturated rings. The maximum absolute atomic E-state index is 15.5. The molecule has 0 aliphatic heterocycles. The van der Waals surface area contributed by atoms with E-state index in [4.69, 9.17) is 30.5 Å². The molecule has 0 aliphatic carbocycles. The zero-order chi connectivity index (χ0) is 45.9. The van der Waals surface area contributed by atoms with Crippen LogP contribution in [0.15, 0.2) is 83.8 Å². The minimum Gasteiger partial charge on any atom is -0.445 e. The Balaban J connectivity index is 1.27. The monoisotopic (exact) mass is 888 g/mol. The van der Waals surface area contributed by atoms with Crippen molar-refractivity contribution >= 4 is 40.9 Å². The van der Waals surface area contributed by atoms with Crippen LogP contribution in [0.25, 0.3) is 28.0 Å². The van der Waals surface area contributed by atoms with Gasteiger partial charge in [0.05, 0.1) is 29.1 Å². The lowest BCUT2D eigenvalue weighted by Gasteiger charge is -2.33. The number of H-pyrrole nitrogens is 1. The highest BCUT2D eigenvalue weighted by atomic mass is 35.5. The Hall–Kier alpha value is -5.93. The van der Waals surface area contributed by atoms with Crippen molar-refractivity contribution in [3.05, 3.63) is 117 Å². The van der Waals surface area contributed by atoms with E-state index in [0.717, 1.165) is 16.7 Å². The molecule has 0 spiro atoms. The molecule has 0 saturated carbocycles. The van der Waals surface area contributed by atoms with Crippen LogP contribution in [0.4, 0.5) is 18.8 Å². The third kappa shape index (κ3) is 14.6. The second kappa shape index (κ2) is 21.4. The van der Waals surface area contributed by atoms with Crippen LogP contribution in [0, 0.1) is 5.82 Å². The predicted molar refractivity (Wildman–Crippen MR) is 241 cm³/mol. The van der Waals surface area contributed by atoms with Crippen LogP contribution in [0.5, 0.6) is 0 Å². The topological polar surface area (TPSA) is 166 Å². The Morgan fingerprint density at radius 1 is 0.905 bits per heavy atom. The van der Waals surface area contributed by atoms with E-state index in [0.29, 0.717) is 42.5 Å². The second-order valence-corrected chi connectivity index (χ2v) is 17.8. The van der Waals surface area contributed by atoms with Crippen LogP contribution in [0.3, 0.4) is 0 Å². The molecule has 0 saturated heterocycles. The van der Waals surface area contributed by atoms with Crippen molar-refractivity contribution in [1.82, 2.24) is 30.1 Å². The molecule has 5 aromatic rings. The lowest BCUT2D eigenvalue weighted by atomic mass is 10.0. The lowest BCUT2D eigenvalue weighted by Crippen LogP contribution is -2.46. The molecule has 338 valence electrons. The van der Waals surface area contributed by atoms with Crippen molar-refractivity contribution in [3.63, 3.8) is 0 Å². The Bertz CT molecular complexity index is 2390. The summed E-state index contributed by atoms with van der Waals surface area (Å²) in [4.78, 5) is 60.4. The molecule has 2 atom stereocenters. The molecule has 3 amide bonds. The highest BCUT2D eigenvalue weighted by molar-refractivity contribution is 6.31. The summed E-state index contributed by atoms with van der Waals surface area (Å²) in [6.45, 7) is 13.3. The number of nitrogens with zero attached hydrogens (tertiary/aromatic N) is 3. The van der Waals surface area contributed by atoms with Gasteiger partial charge in [0, 0.05) is 43.4 Å². The summed E-state index contributed by atoms with van der Waals surface area (Å²) in [5, 5.41) is 6.11. The molecule has 63 heavy (non-hydrogen) atoms. The minimum atomic E-state index is -0.767. The molecule has 2 heterocycles. The number of aryl methyl sites for hydroxylation is 1. The van der Waals surface area contributed by atoms with Gasteiger partial charge in [0.2, 0.25) is 0 Å². The number of hydrogen-bond acceptors (Lipinski definition) is 9. The number of carbonyl (C=O) groups excluding carboxylic acids is 3. The Morgan fingerprint density at radius 3 is 2.27 bits per heavy atom. The van der Waals surface area contributed by atoms with Gasteiger partial charge in [-0.2, -0.15) is 4.98 Å². The van der Waals surface area contributed by atoms with E-state index in [9.17, 15) is 19.2 Å². The van der Waals surface area contributed by atoms with E-state index >= 15 is 4.39 Å². The molecule has 0 aliphatic rings. The first-order chi connectivity index (χ1) is 29.8. The van der Waals surface area contributed by atoms with Gasteiger partial charge in [0.25, 0.3) is 0 Å². The van der Waals surface area contributed by atoms with Crippen LogP contribution >= 0.6 is 11.6 Å². The zero-order valence-electron chi connectivity index (χ0n) is 37.2. The highest BCUT2D eigenvalue weighted by Gasteiger charge is 2.29. The molecule has 0 radical (unpaired) electrons. The second-order valence-electron chi connectivity index (χ2n) is 17.4. The summed E-state index contributed by atoms with van der Waals surface area (Å²) < 4.78 is 38.9. The highest BCUT2D eigenvalue weighted by Crippen LogP contribution is 2.31. The third-order valence-electron chi connectivity index (χ3n) is 9.71. The molecule has 5 rings (SSSR count). The average molecular weight is 889 g/mol. The number of hydrogen-bond donors (Lipinski definition) is 3. The maximum atomic E-state index is 15.5. The largest absolute Gasteiger partial charge is 0.445 e. The van der Waals surface area contributed by atoms with E-state index in [2.05, 4.69) is 20.6 Å². The molecule has 16 heteroatoms. The Morgan fingerprint density at radius 2 is 1.60 bits per heavy atom. The summed E-state index contributed by atoms with van der Waals surface area (Å²) in [6.07, 6.45) is 2.29. The first-order valence-corrected chi connectivity index (χ1v) is 21.3. The summed E-state index contributed by atoms with van der Waals surface area (Å²) in [7, 11) is 1.54. The standard InChI is InChI=1S/C47H58ClFN6O8/c1-30(51-44(58)61-28-32-14-10-9-11-15-32)13-12-16-33-23-37(40(49)38(48)24-33)39-25-34-27-54(42(56)53-41(34)52-39)35-19-17-31(18-20-35)26-55(45(59)63-47(5,6)7)36(29-60-8)21-22-50-43(57)62-46(2,3)4/h9-11,14-15,17-20,23-25,27,30,36H,12-13,16,21-22,26,28-29H2,1-8H3,(H,50,57)(H,51,58)(H,52,53,56)/t30-,36+/m0/s1. The number of rotatable bonds is 17. The van der Waals surface area contributed by atoms with Gasteiger partial charge in [0.15, 0.2) is 5.82 Å². The summed E-state index contributed by atoms with van der Waals surface area (Å²) in [5.74, 6) is -0.610. The lowest BCUT2D eigenvalue weighted by molar-refractivity contribution is 0.00202. The fourth-order valence-corrected chi connectivity index (χ4v) is 7.00. The van der Waals surface area contributed by atoms with E-state index in [1.807, 2.05) is 37.3 Å². The van der Waals surface area contributed by atoms with E-state index in [1.165, 1.54) is 11.7 Å². The minimum absolute atomic E-state index is 0.0410. The first kappa shape index (κ1) is 48.1. The Kier molecular flexibility index (Phi) is 16.4. The number of halogens is 2. The van der Waals surface area contributed by atoms with Crippen molar-refractivity contribution in [3.8, 4) is 16.9 Å². The summed E-state index contributed by atoms with van der Waals surface area (Å²) in [6, 6.07) is 20.9. The number of ether oxygens (including phenoxy) is 4. The smallest absolute Gasteiger partial charge is 0.410 e. The van der Waals surface area contributed by atoms with Crippen LogP contribution in [0.1, 0.15) is 84.4 Å². The molecular weight excluding hydrogens is 831 g/mol. The van der Waals surface area contributed by atoms with E-state index < -0.39 is 47.0 Å². The van der Waals surface area contributed by atoms with Crippen molar-refractivity contribution in [1.29, 1.82) is 0 Å². The molecule has 3 N–H and O–H groups in total. The predicted octanol–water partition coefficient (Wildman–Crippen LogP) is 9.48. The van der Waals surface area contributed by atoms with Gasteiger partial charge in [0.1, 0.15) is 23.5 Å². The van der Waals surface area contributed by atoms with Crippen molar-refractivity contribution < 1.29 is 37.7 Å². The summed E-state index contributed by atoms with van der Waals surface area (Å²) in [5.41, 5.74) is 1.89. The molecule has 3 aromatic carbocycles. The summed E-state index contributed by atoms with van der Waals surface area (Å²) >= 11 is 6.38. The first-order valence-electron chi connectivity index (χ1n) is 20.9. The zero-order valence-corrected chi connectivity index (χ0v) is 37.9. The number of fused-ring (bicyclic) bond motifs is 1. The van der Waals surface area contributed by atoms with Gasteiger partial charge in [-0.25, -0.2) is 23.6 Å². The number of aromatic amines is 1. The van der Waals surface area contributed by atoms with E-state index in [1.54, 1.807) is 95.1 Å². The quantitative estimate of drug-likeness (QED) is 0.0771. The number of amides is 3. The number of methoxy groups -OCH3 is 1. The van der Waals surface area contributed by atoms with Gasteiger partial charge >= 0.3 is 24.0 Å². The number of alkyl carbamates (subject to hydrolysis) is 2. The normalized spacial score (nSPS) is 12.7. The van der Waals surface area contributed by atoms with E-state index in [-0.39, 0.29) is 48.6 Å². The fraction of sp³-hybridized carbons (Fsp3) is 0.426. The Labute approximate surface area is 372 Å². The van der Waals surface area contributed by atoms with Gasteiger partial charge in [-0.15, -0.1) is 0 Å². The van der Waals surface area contributed by atoms with Gasteiger partial charge in [-0.3, -0.25) is 9.47 Å². The van der Waals surface area contributed by atoms with Crippen molar-refractivity contribution in [2.45, 2.75) is 111 Å². The molecule has 0 unspecified atom stereocenters. The van der Waals surface area contributed by atoms with Crippen molar-refractivity contribution in [2.75, 3.05) is 20.3 Å². The maximum Gasteiger partial charge on any atom is 0.410 e. The van der Waals surface area contributed by atoms with Crippen LogP contribution in [-0.2, 0) is 38.5 Å². The SMILES string of the molecule is COC[C@@H](CCNC(=O)OC(C)(C)C)N(Cc1ccc(-n2cc3cc(-c4cc(CCC[C@H](C)NC(=O)OCc5ccccc5)cc(Cl)c4F)[nH]c3nc2=O)cc1)C(=O)OC(C)(C)C. The van der Waals surface area contributed by atoms with Gasteiger partial charge in [-0.05, 0) is 121 Å². The van der Waals surface area contributed by atoms with Crippen LogP contribution in [0.2, 0.25) is 5.02 Å². The number of aromatic nitrogens is 3.